The standard InChI is InChI=1S/C19H23N3O3/c1-12(2)22(19(23)16-9-15(20-21-16)13-7-8-13)10-14-11-24-17-5-3-4-6-18(17)25-14/h3-6,9,12-14H,7-8,10-11H2,1-2H3,(H,20,21)/t14-/m0/s1. The third-order valence-electron chi connectivity index (χ3n) is 4.69. The zero-order chi connectivity index (χ0) is 17.4. The molecule has 1 aliphatic carbocycles. The fourth-order valence-electron chi connectivity index (χ4n) is 3.10. The number of hydrogen-bond acceptors (Lipinski definition) is 4. The Hall–Kier alpha value is -2.50. The van der Waals surface area contributed by atoms with Crippen molar-refractivity contribution in [2.75, 3.05) is 13.2 Å². The number of carbonyl (C=O) groups excluding carboxylic acids is 1. The first-order chi connectivity index (χ1) is 12.1. The van der Waals surface area contributed by atoms with Gasteiger partial charge in [0.15, 0.2) is 17.6 Å². The number of para-hydroxylation sites is 2. The van der Waals surface area contributed by atoms with Gasteiger partial charge in [-0.05, 0) is 44.9 Å². The monoisotopic (exact) mass is 341 g/mol. The van der Waals surface area contributed by atoms with Gasteiger partial charge >= 0.3 is 0 Å². The van der Waals surface area contributed by atoms with Crippen LogP contribution in [0.5, 0.6) is 11.5 Å². The molecule has 1 aromatic carbocycles. The topological polar surface area (TPSA) is 67.5 Å². The Bertz CT molecular complexity index is 767. The number of hydrogen-bond donors (Lipinski definition) is 1. The lowest BCUT2D eigenvalue weighted by Crippen LogP contribution is -2.46. The molecule has 1 N–H and O–H groups in total. The lowest BCUT2D eigenvalue weighted by Gasteiger charge is -2.33. The van der Waals surface area contributed by atoms with Gasteiger partial charge in [-0.15, -0.1) is 0 Å². The number of fused-ring (bicyclic) bond motifs is 1. The molecule has 1 amide bonds. The van der Waals surface area contributed by atoms with Crippen molar-refractivity contribution in [3.63, 3.8) is 0 Å². The summed E-state index contributed by atoms with van der Waals surface area (Å²) in [5.74, 6) is 1.96. The molecule has 1 atom stereocenters. The highest BCUT2D eigenvalue weighted by Crippen LogP contribution is 2.39. The zero-order valence-electron chi connectivity index (χ0n) is 14.6. The van der Waals surface area contributed by atoms with Gasteiger partial charge in [0.25, 0.3) is 5.91 Å². The molecule has 6 heteroatoms. The molecule has 4 rings (SSSR count). The van der Waals surface area contributed by atoms with Crippen molar-refractivity contribution in [3.05, 3.63) is 41.7 Å². The first kappa shape index (κ1) is 16.0. The molecule has 2 aromatic rings. The average molecular weight is 341 g/mol. The van der Waals surface area contributed by atoms with Gasteiger partial charge in [-0.25, -0.2) is 0 Å². The Kier molecular flexibility index (Phi) is 4.11. The SMILES string of the molecule is CC(C)N(C[C@H]1COc2ccccc2O1)C(=O)c1cc(C2CC2)[nH]n1. The van der Waals surface area contributed by atoms with E-state index < -0.39 is 0 Å². The molecule has 2 heterocycles. The molecule has 1 fully saturated rings. The molecular formula is C19H23N3O3. The first-order valence-corrected chi connectivity index (χ1v) is 8.86. The summed E-state index contributed by atoms with van der Waals surface area (Å²) in [6.45, 7) is 4.91. The van der Waals surface area contributed by atoms with Crippen molar-refractivity contribution in [3.8, 4) is 11.5 Å². The van der Waals surface area contributed by atoms with Crippen LogP contribution < -0.4 is 9.47 Å². The molecule has 1 saturated carbocycles. The van der Waals surface area contributed by atoms with Crippen LogP contribution in [0.4, 0.5) is 0 Å². The van der Waals surface area contributed by atoms with Crippen LogP contribution in [0.25, 0.3) is 0 Å². The van der Waals surface area contributed by atoms with Crippen LogP contribution in [-0.4, -0.2) is 46.3 Å². The summed E-state index contributed by atoms with van der Waals surface area (Å²) < 4.78 is 11.8. The normalized spacial score (nSPS) is 19.1. The molecule has 25 heavy (non-hydrogen) atoms. The number of aromatic amines is 1. The average Bonchev–Trinajstić information content (AvgIpc) is 3.35. The fraction of sp³-hybridized carbons (Fsp3) is 0.474. The van der Waals surface area contributed by atoms with E-state index in [9.17, 15) is 4.79 Å². The second-order valence-corrected chi connectivity index (χ2v) is 7.03. The van der Waals surface area contributed by atoms with Crippen LogP contribution in [0.1, 0.15) is 48.8 Å². The Morgan fingerprint density at radius 1 is 1.32 bits per heavy atom. The highest BCUT2D eigenvalue weighted by atomic mass is 16.6. The molecule has 0 bridgehead atoms. The van der Waals surface area contributed by atoms with Crippen molar-refractivity contribution < 1.29 is 14.3 Å². The Morgan fingerprint density at radius 3 is 2.80 bits per heavy atom. The number of aromatic nitrogens is 2. The molecule has 132 valence electrons. The largest absolute Gasteiger partial charge is 0.486 e. The van der Waals surface area contributed by atoms with Crippen LogP contribution >= 0.6 is 0 Å². The van der Waals surface area contributed by atoms with Gasteiger partial charge in [0, 0.05) is 17.7 Å². The van der Waals surface area contributed by atoms with Crippen molar-refractivity contribution >= 4 is 5.91 Å². The number of carbonyl (C=O) groups is 1. The quantitative estimate of drug-likeness (QED) is 0.908. The molecule has 2 aliphatic rings. The fourth-order valence-corrected chi connectivity index (χ4v) is 3.10. The predicted molar refractivity (Wildman–Crippen MR) is 93.1 cm³/mol. The molecule has 1 aromatic heterocycles. The number of nitrogens with one attached hydrogen (secondary N) is 1. The molecule has 0 radical (unpaired) electrons. The summed E-state index contributed by atoms with van der Waals surface area (Å²) in [4.78, 5) is 14.7. The van der Waals surface area contributed by atoms with E-state index >= 15 is 0 Å². The molecule has 6 nitrogen and oxygen atoms in total. The molecule has 0 unspecified atom stereocenters. The van der Waals surface area contributed by atoms with Gasteiger partial charge in [-0.1, -0.05) is 12.1 Å². The maximum Gasteiger partial charge on any atom is 0.274 e. The summed E-state index contributed by atoms with van der Waals surface area (Å²) in [7, 11) is 0. The summed E-state index contributed by atoms with van der Waals surface area (Å²) in [6.07, 6.45) is 2.16. The maximum atomic E-state index is 12.9. The number of benzene rings is 1. The van der Waals surface area contributed by atoms with E-state index in [-0.39, 0.29) is 18.1 Å². The summed E-state index contributed by atoms with van der Waals surface area (Å²) in [5, 5.41) is 7.23. The van der Waals surface area contributed by atoms with Crippen LogP contribution in [0.3, 0.4) is 0 Å². The van der Waals surface area contributed by atoms with Crippen molar-refractivity contribution in [1.82, 2.24) is 15.1 Å². The second-order valence-electron chi connectivity index (χ2n) is 7.03. The highest BCUT2D eigenvalue weighted by Gasteiger charge is 2.30. The van der Waals surface area contributed by atoms with E-state index in [0.29, 0.717) is 24.8 Å². The van der Waals surface area contributed by atoms with Crippen LogP contribution in [0.15, 0.2) is 30.3 Å². The van der Waals surface area contributed by atoms with Crippen molar-refractivity contribution in [1.29, 1.82) is 0 Å². The maximum absolute atomic E-state index is 12.9. The van der Waals surface area contributed by atoms with Gasteiger partial charge in [0.05, 0.1) is 6.54 Å². The van der Waals surface area contributed by atoms with Crippen LogP contribution in [0, 0.1) is 0 Å². The van der Waals surface area contributed by atoms with Gasteiger partial charge in [-0.3, -0.25) is 9.89 Å². The van der Waals surface area contributed by atoms with Gasteiger partial charge in [0.2, 0.25) is 0 Å². The lowest BCUT2D eigenvalue weighted by atomic mass is 10.2. The van der Waals surface area contributed by atoms with Crippen LogP contribution in [0.2, 0.25) is 0 Å². The third-order valence-corrected chi connectivity index (χ3v) is 4.69. The third kappa shape index (κ3) is 3.34. The van der Waals surface area contributed by atoms with E-state index in [2.05, 4.69) is 10.2 Å². The summed E-state index contributed by atoms with van der Waals surface area (Å²) in [6, 6.07) is 9.55. The zero-order valence-corrected chi connectivity index (χ0v) is 14.6. The Balaban J connectivity index is 1.46. The highest BCUT2D eigenvalue weighted by molar-refractivity contribution is 5.92. The molecule has 0 spiro atoms. The number of rotatable bonds is 5. The second kappa shape index (κ2) is 6.43. The van der Waals surface area contributed by atoms with Gasteiger partial charge < -0.3 is 14.4 Å². The minimum atomic E-state index is -0.192. The van der Waals surface area contributed by atoms with Gasteiger partial charge in [0.1, 0.15) is 12.3 Å². The predicted octanol–water partition coefficient (Wildman–Crippen LogP) is 2.98. The van der Waals surface area contributed by atoms with Crippen molar-refractivity contribution in [2.24, 2.45) is 0 Å². The van der Waals surface area contributed by atoms with E-state index in [1.165, 1.54) is 12.8 Å². The smallest absolute Gasteiger partial charge is 0.274 e. The number of nitrogens with zero attached hydrogens (tertiary/aromatic N) is 2. The Morgan fingerprint density at radius 2 is 2.08 bits per heavy atom. The lowest BCUT2D eigenvalue weighted by molar-refractivity contribution is 0.0389. The number of H-pyrrole nitrogens is 1. The summed E-state index contributed by atoms with van der Waals surface area (Å²) in [5.41, 5.74) is 1.55. The number of amides is 1. The molecule has 1 aliphatic heterocycles. The van der Waals surface area contributed by atoms with E-state index in [0.717, 1.165) is 17.2 Å². The first-order valence-electron chi connectivity index (χ1n) is 8.86. The minimum Gasteiger partial charge on any atom is -0.486 e. The van der Waals surface area contributed by atoms with E-state index in [4.69, 9.17) is 9.47 Å². The van der Waals surface area contributed by atoms with Crippen LogP contribution in [-0.2, 0) is 0 Å². The van der Waals surface area contributed by atoms with E-state index in [1.54, 1.807) is 4.90 Å². The number of ether oxygens (including phenoxy) is 2. The molecular weight excluding hydrogens is 318 g/mol. The summed E-state index contributed by atoms with van der Waals surface area (Å²) >= 11 is 0. The van der Waals surface area contributed by atoms with Gasteiger partial charge in [-0.2, -0.15) is 5.10 Å². The van der Waals surface area contributed by atoms with Crippen molar-refractivity contribution in [2.45, 2.75) is 44.8 Å². The van der Waals surface area contributed by atoms with E-state index in [1.807, 2.05) is 44.2 Å². The molecule has 0 saturated heterocycles. The minimum absolute atomic E-state index is 0.0503. The Labute approximate surface area is 147 Å².